The van der Waals surface area contributed by atoms with E-state index in [1.807, 2.05) is 31.2 Å². The zero-order chi connectivity index (χ0) is 23.9. The van der Waals surface area contributed by atoms with Crippen molar-refractivity contribution in [2.45, 2.75) is 38.3 Å². The Balaban J connectivity index is 0.000000451. The van der Waals surface area contributed by atoms with Crippen LogP contribution in [0.25, 0.3) is 0 Å². The minimum atomic E-state index is -5.08. The molecule has 1 saturated heterocycles. The Kier molecular flexibility index (Phi) is 9.21. The van der Waals surface area contributed by atoms with Gasteiger partial charge in [0.25, 0.3) is 0 Å². The molecule has 2 aromatic rings. The first kappa shape index (κ1) is 25.8. The highest BCUT2D eigenvalue weighted by molar-refractivity contribution is 6.42. The van der Waals surface area contributed by atoms with Crippen LogP contribution in [0.3, 0.4) is 0 Å². The van der Waals surface area contributed by atoms with E-state index in [9.17, 15) is 18.0 Å². The monoisotopic (exact) mass is 490 g/mol. The van der Waals surface area contributed by atoms with Crippen molar-refractivity contribution in [2.75, 3.05) is 23.3 Å². The number of carboxylic acid groups (broad SMARTS) is 1. The van der Waals surface area contributed by atoms with E-state index >= 15 is 0 Å². The number of aliphatic carboxylic acids is 1. The largest absolute Gasteiger partial charge is 0.490 e. The quantitative estimate of drug-likeness (QED) is 0.511. The molecule has 1 atom stereocenters. The van der Waals surface area contributed by atoms with Crippen molar-refractivity contribution in [2.24, 2.45) is 0 Å². The molecule has 1 aliphatic rings. The number of hydrogen-bond donors (Lipinski definition) is 2. The summed E-state index contributed by atoms with van der Waals surface area (Å²) in [4.78, 5) is 24.1. The fraction of sp³-hybridized carbons (Fsp3) is 0.364. The molecular weight excluding hydrogens is 468 g/mol. The summed E-state index contributed by atoms with van der Waals surface area (Å²) in [6.45, 7) is 4.08. The third-order valence-corrected chi connectivity index (χ3v) is 5.66. The first-order valence-electron chi connectivity index (χ1n) is 9.94. The Morgan fingerprint density at radius 1 is 1.09 bits per heavy atom. The van der Waals surface area contributed by atoms with Crippen molar-refractivity contribution in [3.05, 3.63) is 58.1 Å². The fourth-order valence-electron chi connectivity index (χ4n) is 3.33. The van der Waals surface area contributed by atoms with Crippen LogP contribution < -0.4 is 10.2 Å². The molecule has 0 aliphatic carbocycles. The Bertz CT molecular complexity index is 948. The molecule has 174 valence electrons. The second-order valence-corrected chi connectivity index (χ2v) is 7.95. The van der Waals surface area contributed by atoms with Gasteiger partial charge in [0.05, 0.1) is 27.3 Å². The van der Waals surface area contributed by atoms with Crippen LogP contribution in [0.15, 0.2) is 42.5 Å². The standard InChI is InChI=1S/C20H22Cl2N2O.C2HF3O2/c1-2-15(14-9-10-16(21)17(22)13-14)20(25)23-18-7-3-4-8-19(18)24-11-5-6-12-24;3-2(4,5)1(6)7/h3-4,7-10,13,15H,2,5-6,11-12H2,1H3,(H,23,25);(H,6,7). The van der Waals surface area contributed by atoms with Crippen molar-refractivity contribution < 1.29 is 27.9 Å². The minimum Gasteiger partial charge on any atom is -0.475 e. The van der Waals surface area contributed by atoms with Gasteiger partial charge in [0.2, 0.25) is 5.91 Å². The lowest BCUT2D eigenvalue weighted by Crippen LogP contribution is -2.24. The van der Waals surface area contributed by atoms with E-state index in [2.05, 4.69) is 16.3 Å². The van der Waals surface area contributed by atoms with Crippen molar-refractivity contribution in [3.8, 4) is 0 Å². The maximum Gasteiger partial charge on any atom is 0.490 e. The Labute approximate surface area is 194 Å². The number of halogens is 5. The van der Waals surface area contributed by atoms with Crippen LogP contribution in [0.4, 0.5) is 24.5 Å². The Hall–Kier alpha value is -2.45. The number of anilines is 2. The topological polar surface area (TPSA) is 69.6 Å². The smallest absolute Gasteiger partial charge is 0.475 e. The van der Waals surface area contributed by atoms with E-state index in [1.54, 1.807) is 12.1 Å². The third-order valence-electron chi connectivity index (χ3n) is 4.92. The lowest BCUT2D eigenvalue weighted by molar-refractivity contribution is -0.192. The van der Waals surface area contributed by atoms with Gasteiger partial charge in [-0.05, 0) is 49.1 Å². The molecule has 0 spiro atoms. The van der Waals surface area contributed by atoms with Crippen LogP contribution in [0.1, 0.15) is 37.7 Å². The Morgan fingerprint density at radius 2 is 1.69 bits per heavy atom. The normalized spacial score (nSPS) is 14.4. The minimum absolute atomic E-state index is 0.0208. The van der Waals surface area contributed by atoms with Gasteiger partial charge < -0.3 is 15.3 Å². The summed E-state index contributed by atoms with van der Waals surface area (Å²) in [5, 5.41) is 11.2. The number of carboxylic acids is 1. The number of carbonyl (C=O) groups excluding carboxylic acids is 1. The first-order valence-corrected chi connectivity index (χ1v) is 10.7. The van der Waals surface area contributed by atoms with E-state index in [0.29, 0.717) is 16.5 Å². The average molecular weight is 491 g/mol. The molecule has 0 saturated carbocycles. The molecule has 1 amide bonds. The number of hydrogen-bond acceptors (Lipinski definition) is 3. The summed E-state index contributed by atoms with van der Waals surface area (Å²) < 4.78 is 31.7. The van der Waals surface area contributed by atoms with Gasteiger partial charge in [0, 0.05) is 13.1 Å². The average Bonchev–Trinajstić information content (AvgIpc) is 3.26. The van der Waals surface area contributed by atoms with Crippen molar-refractivity contribution in [1.82, 2.24) is 0 Å². The number of benzene rings is 2. The predicted octanol–water partition coefficient (Wildman–Crippen LogP) is 6.36. The molecular formula is C22H23Cl2F3N2O3. The first-order chi connectivity index (χ1) is 15.0. The summed E-state index contributed by atoms with van der Waals surface area (Å²) in [6.07, 6.45) is -2.00. The molecule has 32 heavy (non-hydrogen) atoms. The maximum absolute atomic E-state index is 12.9. The lowest BCUT2D eigenvalue weighted by Gasteiger charge is -2.23. The fourth-order valence-corrected chi connectivity index (χ4v) is 3.64. The van der Waals surface area contributed by atoms with Gasteiger partial charge in [-0.2, -0.15) is 13.2 Å². The number of alkyl halides is 3. The number of nitrogens with one attached hydrogen (secondary N) is 1. The zero-order valence-electron chi connectivity index (χ0n) is 17.3. The molecule has 2 aromatic carbocycles. The third kappa shape index (κ3) is 7.03. The molecule has 0 aromatic heterocycles. The van der Waals surface area contributed by atoms with E-state index in [4.69, 9.17) is 33.1 Å². The van der Waals surface area contributed by atoms with Crippen molar-refractivity contribution >= 4 is 46.5 Å². The number of para-hydroxylation sites is 2. The highest BCUT2D eigenvalue weighted by atomic mass is 35.5. The van der Waals surface area contributed by atoms with Crippen LogP contribution in [0, 0.1) is 0 Å². The molecule has 2 N–H and O–H groups in total. The predicted molar refractivity (Wildman–Crippen MR) is 120 cm³/mol. The second kappa shape index (κ2) is 11.4. The summed E-state index contributed by atoms with van der Waals surface area (Å²) in [5.74, 6) is -3.04. The van der Waals surface area contributed by atoms with Gasteiger partial charge in [-0.25, -0.2) is 4.79 Å². The highest BCUT2D eigenvalue weighted by Crippen LogP contribution is 2.32. The van der Waals surface area contributed by atoms with E-state index in [-0.39, 0.29) is 11.8 Å². The van der Waals surface area contributed by atoms with Crippen LogP contribution in [0.5, 0.6) is 0 Å². The summed E-state index contributed by atoms with van der Waals surface area (Å²) >= 11 is 12.1. The van der Waals surface area contributed by atoms with Gasteiger partial charge in [0.1, 0.15) is 0 Å². The molecule has 5 nitrogen and oxygen atoms in total. The van der Waals surface area contributed by atoms with Crippen molar-refractivity contribution in [3.63, 3.8) is 0 Å². The van der Waals surface area contributed by atoms with Gasteiger partial charge in [0.15, 0.2) is 0 Å². The summed E-state index contributed by atoms with van der Waals surface area (Å²) in [7, 11) is 0. The van der Waals surface area contributed by atoms with E-state index < -0.39 is 12.1 Å². The molecule has 3 rings (SSSR count). The molecule has 1 unspecified atom stereocenters. The van der Waals surface area contributed by atoms with Gasteiger partial charge >= 0.3 is 12.1 Å². The number of carbonyl (C=O) groups is 2. The van der Waals surface area contributed by atoms with Crippen LogP contribution in [0.2, 0.25) is 10.0 Å². The number of nitrogens with zero attached hydrogens (tertiary/aromatic N) is 1. The molecule has 0 radical (unpaired) electrons. The Morgan fingerprint density at radius 3 is 2.22 bits per heavy atom. The van der Waals surface area contributed by atoms with Gasteiger partial charge in [-0.1, -0.05) is 48.3 Å². The van der Waals surface area contributed by atoms with Crippen molar-refractivity contribution in [1.29, 1.82) is 0 Å². The SMILES string of the molecule is CCC(C(=O)Nc1ccccc1N1CCCC1)c1ccc(Cl)c(Cl)c1.O=C(O)C(F)(F)F. The van der Waals surface area contributed by atoms with Gasteiger partial charge in [-0.3, -0.25) is 4.79 Å². The number of rotatable bonds is 5. The van der Waals surface area contributed by atoms with E-state index in [0.717, 1.165) is 30.0 Å². The maximum atomic E-state index is 12.9. The molecule has 0 bridgehead atoms. The lowest BCUT2D eigenvalue weighted by atomic mass is 9.95. The summed E-state index contributed by atoms with van der Waals surface area (Å²) in [5.41, 5.74) is 2.85. The van der Waals surface area contributed by atoms with Crippen LogP contribution >= 0.6 is 23.2 Å². The molecule has 1 heterocycles. The second-order valence-electron chi connectivity index (χ2n) is 7.14. The van der Waals surface area contributed by atoms with E-state index in [1.165, 1.54) is 12.8 Å². The highest BCUT2D eigenvalue weighted by Gasteiger charge is 2.38. The zero-order valence-corrected chi connectivity index (χ0v) is 18.8. The van der Waals surface area contributed by atoms with Crippen LogP contribution in [-0.4, -0.2) is 36.2 Å². The molecule has 1 fully saturated rings. The molecule has 10 heteroatoms. The van der Waals surface area contributed by atoms with Crippen LogP contribution in [-0.2, 0) is 9.59 Å². The molecule has 1 aliphatic heterocycles. The summed E-state index contributed by atoms with van der Waals surface area (Å²) in [6, 6.07) is 13.4. The van der Waals surface area contributed by atoms with Gasteiger partial charge in [-0.15, -0.1) is 0 Å². The number of amides is 1.